The van der Waals surface area contributed by atoms with Gasteiger partial charge in [-0.25, -0.2) is 4.39 Å². The number of benzene rings is 2. The first-order valence-corrected chi connectivity index (χ1v) is 9.88. The van der Waals surface area contributed by atoms with E-state index in [0.29, 0.717) is 25.3 Å². The number of nitrogens with zero attached hydrogens (tertiary/aromatic N) is 1. The molecule has 2 N–H and O–H groups in total. The second kappa shape index (κ2) is 8.10. The highest BCUT2D eigenvalue weighted by Crippen LogP contribution is 2.23. The number of hydrogen-bond donors (Lipinski definition) is 2. The molecule has 0 aromatic heterocycles. The van der Waals surface area contributed by atoms with Crippen molar-refractivity contribution in [1.82, 2.24) is 4.90 Å². The summed E-state index contributed by atoms with van der Waals surface area (Å²) in [7, 11) is 0. The number of rotatable bonds is 4. The zero-order valence-electron chi connectivity index (χ0n) is 15.8. The molecule has 0 radical (unpaired) electrons. The molecule has 2 aliphatic rings. The Morgan fingerprint density at radius 1 is 1.00 bits per heavy atom. The number of halogens is 1. The number of nitrogens with one attached hydrogen (secondary N) is 2. The van der Waals surface area contributed by atoms with E-state index in [1.54, 1.807) is 12.1 Å². The van der Waals surface area contributed by atoms with Crippen LogP contribution in [0.2, 0.25) is 0 Å². The van der Waals surface area contributed by atoms with Gasteiger partial charge in [-0.3, -0.25) is 9.59 Å². The fraction of sp³-hybridized carbons (Fsp3) is 0.364. The van der Waals surface area contributed by atoms with Gasteiger partial charge < -0.3 is 15.1 Å². The quantitative estimate of drug-likeness (QED) is 0.838. The predicted molar refractivity (Wildman–Crippen MR) is 105 cm³/mol. The molecule has 0 atom stereocenters. The summed E-state index contributed by atoms with van der Waals surface area (Å²) in [5.41, 5.74) is 4.06. The second-order valence-electron chi connectivity index (χ2n) is 7.61. The molecule has 0 spiro atoms. The van der Waals surface area contributed by atoms with Gasteiger partial charge in [0.15, 0.2) is 6.54 Å². The van der Waals surface area contributed by atoms with Crippen molar-refractivity contribution in [3.63, 3.8) is 0 Å². The van der Waals surface area contributed by atoms with Crippen LogP contribution in [0.3, 0.4) is 0 Å². The van der Waals surface area contributed by atoms with E-state index in [9.17, 15) is 14.0 Å². The van der Waals surface area contributed by atoms with Crippen molar-refractivity contribution in [2.24, 2.45) is 0 Å². The first-order valence-electron chi connectivity index (χ1n) is 9.88. The van der Waals surface area contributed by atoms with Gasteiger partial charge in [-0.05, 0) is 66.8 Å². The van der Waals surface area contributed by atoms with Crippen LogP contribution < -0.4 is 10.2 Å². The van der Waals surface area contributed by atoms with Gasteiger partial charge in [0.05, 0.1) is 26.2 Å². The van der Waals surface area contributed by atoms with E-state index < -0.39 is 0 Å². The van der Waals surface area contributed by atoms with E-state index in [4.69, 9.17) is 0 Å². The molecule has 1 saturated heterocycles. The number of fused-ring (bicyclic) bond motifs is 1. The van der Waals surface area contributed by atoms with E-state index in [2.05, 4.69) is 17.4 Å². The monoisotopic (exact) mass is 382 g/mol. The number of anilines is 1. The minimum atomic E-state index is -0.326. The Hall–Kier alpha value is -2.73. The Morgan fingerprint density at radius 3 is 2.46 bits per heavy atom. The Labute approximate surface area is 164 Å². The zero-order chi connectivity index (χ0) is 19.5. The zero-order valence-corrected chi connectivity index (χ0v) is 15.8. The SMILES string of the molecule is O=C(C[NH+]1CCN(C(=O)c2ccc3c(c2)CCC3)CC1)Nc1ccc(F)cc1. The van der Waals surface area contributed by atoms with Crippen molar-refractivity contribution in [3.05, 3.63) is 65.0 Å². The average molecular weight is 382 g/mol. The predicted octanol–water partition coefficient (Wildman–Crippen LogP) is 1.29. The number of carbonyl (C=O) groups excluding carboxylic acids is 2. The lowest BCUT2D eigenvalue weighted by Gasteiger charge is -2.32. The maximum absolute atomic E-state index is 12.9. The van der Waals surface area contributed by atoms with Gasteiger partial charge in [0.1, 0.15) is 5.82 Å². The lowest BCUT2D eigenvalue weighted by molar-refractivity contribution is -0.895. The van der Waals surface area contributed by atoms with Crippen molar-refractivity contribution in [1.29, 1.82) is 0 Å². The summed E-state index contributed by atoms with van der Waals surface area (Å²) in [5, 5.41) is 2.79. The topological polar surface area (TPSA) is 53.9 Å². The molecule has 4 rings (SSSR count). The van der Waals surface area contributed by atoms with Crippen LogP contribution in [0.25, 0.3) is 0 Å². The minimum absolute atomic E-state index is 0.0875. The van der Waals surface area contributed by atoms with Crippen LogP contribution in [0.1, 0.15) is 27.9 Å². The highest BCUT2D eigenvalue weighted by atomic mass is 19.1. The maximum Gasteiger partial charge on any atom is 0.279 e. The number of amides is 2. The summed E-state index contributed by atoms with van der Waals surface area (Å²) in [5.74, 6) is -0.336. The van der Waals surface area contributed by atoms with Gasteiger partial charge in [0.25, 0.3) is 11.8 Å². The molecule has 0 bridgehead atoms. The standard InChI is InChI=1S/C22H24FN3O2/c23-19-6-8-20(9-7-19)24-21(27)15-25-10-12-26(13-11-25)22(28)18-5-4-16-2-1-3-17(16)14-18/h4-9,14H,1-3,10-13,15H2,(H,24,27)/p+1. The Bertz CT molecular complexity index is 874. The van der Waals surface area contributed by atoms with Crippen LogP contribution in [0.5, 0.6) is 0 Å². The van der Waals surface area contributed by atoms with E-state index >= 15 is 0 Å². The normalized spacial score (nSPS) is 16.7. The summed E-state index contributed by atoms with van der Waals surface area (Å²) in [6, 6.07) is 11.8. The molecular weight excluding hydrogens is 357 g/mol. The van der Waals surface area contributed by atoms with Crippen LogP contribution in [0.4, 0.5) is 10.1 Å². The minimum Gasteiger partial charge on any atom is -0.327 e. The summed E-state index contributed by atoms with van der Waals surface area (Å²) in [6.45, 7) is 3.13. The number of hydrogen-bond acceptors (Lipinski definition) is 2. The Balaban J connectivity index is 1.27. The molecule has 2 aromatic carbocycles. The summed E-state index contributed by atoms with van der Waals surface area (Å²) in [4.78, 5) is 28.0. The lowest BCUT2D eigenvalue weighted by atomic mass is 10.1. The highest BCUT2D eigenvalue weighted by Gasteiger charge is 2.26. The molecule has 1 heterocycles. The fourth-order valence-corrected chi connectivity index (χ4v) is 4.06. The lowest BCUT2D eigenvalue weighted by Crippen LogP contribution is -3.15. The van der Waals surface area contributed by atoms with Crippen molar-refractivity contribution in [2.45, 2.75) is 19.3 Å². The van der Waals surface area contributed by atoms with Gasteiger partial charge in [-0.2, -0.15) is 0 Å². The third-order valence-corrected chi connectivity index (χ3v) is 5.64. The van der Waals surface area contributed by atoms with Gasteiger partial charge in [-0.1, -0.05) is 6.07 Å². The molecule has 6 heteroatoms. The van der Waals surface area contributed by atoms with E-state index in [1.807, 2.05) is 11.0 Å². The van der Waals surface area contributed by atoms with Crippen molar-refractivity contribution >= 4 is 17.5 Å². The molecular formula is C22H25FN3O2+. The molecule has 28 heavy (non-hydrogen) atoms. The molecule has 1 aliphatic carbocycles. The van der Waals surface area contributed by atoms with Crippen LogP contribution in [0, 0.1) is 5.82 Å². The van der Waals surface area contributed by atoms with Gasteiger partial charge in [-0.15, -0.1) is 0 Å². The fourth-order valence-electron chi connectivity index (χ4n) is 4.06. The van der Waals surface area contributed by atoms with Crippen molar-refractivity contribution in [3.8, 4) is 0 Å². The largest absolute Gasteiger partial charge is 0.327 e. The molecule has 1 aliphatic heterocycles. The molecule has 146 valence electrons. The second-order valence-corrected chi connectivity index (χ2v) is 7.61. The highest BCUT2D eigenvalue weighted by molar-refractivity contribution is 5.94. The number of aryl methyl sites for hydroxylation is 2. The van der Waals surface area contributed by atoms with Crippen molar-refractivity contribution in [2.75, 3.05) is 38.0 Å². The smallest absolute Gasteiger partial charge is 0.279 e. The number of quaternary nitrogens is 1. The summed E-state index contributed by atoms with van der Waals surface area (Å²) < 4.78 is 12.9. The van der Waals surface area contributed by atoms with E-state index in [0.717, 1.165) is 36.4 Å². The van der Waals surface area contributed by atoms with Crippen molar-refractivity contribution < 1.29 is 18.9 Å². The van der Waals surface area contributed by atoms with E-state index in [-0.39, 0.29) is 17.6 Å². The number of carbonyl (C=O) groups is 2. The third-order valence-electron chi connectivity index (χ3n) is 5.64. The van der Waals surface area contributed by atoms with Crippen LogP contribution in [-0.2, 0) is 17.6 Å². The molecule has 5 nitrogen and oxygen atoms in total. The van der Waals surface area contributed by atoms with Gasteiger partial charge in [0.2, 0.25) is 0 Å². The van der Waals surface area contributed by atoms with E-state index in [1.165, 1.54) is 29.7 Å². The molecule has 2 aromatic rings. The summed E-state index contributed by atoms with van der Waals surface area (Å²) in [6.07, 6.45) is 3.36. The molecule has 1 fully saturated rings. The first-order chi connectivity index (χ1) is 13.6. The van der Waals surface area contributed by atoms with Crippen LogP contribution in [-0.4, -0.2) is 49.4 Å². The van der Waals surface area contributed by atoms with Crippen LogP contribution >= 0.6 is 0 Å². The number of piperazine rings is 1. The Morgan fingerprint density at radius 2 is 1.71 bits per heavy atom. The van der Waals surface area contributed by atoms with Gasteiger partial charge >= 0.3 is 0 Å². The average Bonchev–Trinajstić information content (AvgIpc) is 3.17. The third kappa shape index (κ3) is 4.22. The van der Waals surface area contributed by atoms with Crippen LogP contribution in [0.15, 0.2) is 42.5 Å². The van der Waals surface area contributed by atoms with Gasteiger partial charge in [0, 0.05) is 11.3 Å². The molecule has 2 amide bonds. The summed E-state index contributed by atoms with van der Waals surface area (Å²) >= 11 is 0. The Kier molecular flexibility index (Phi) is 5.39. The molecule has 0 unspecified atom stereocenters. The first kappa shape index (κ1) is 18.6. The molecule has 0 saturated carbocycles. The maximum atomic E-state index is 12.9.